The molecule has 0 bridgehead atoms. The summed E-state index contributed by atoms with van der Waals surface area (Å²) in [5.74, 6) is -0.276. The zero-order valence-corrected chi connectivity index (χ0v) is 31.1. The van der Waals surface area contributed by atoms with Gasteiger partial charge in [0.25, 0.3) is 0 Å². The number of nitrogens with zero attached hydrogens (tertiary/aromatic N) is 2. The van der Waals surface area contributed by atoms with Crippen LogP contribution in [0.25, 0.3) is 0 Å². The van der Waals surface area contributed by atoms with Crippen LogP contribution in [-0.4, -0.2) is 11.9 Å². The van der Waals surface area contributed by atoms with E-state index in [2.05, 4.69) is 29.2 Å². The van der Waals surface area contributed by atoms with Gasteiger partial charge in [-0.25, -0.2) is 9.59 Å². The Balaban J connectivity index is 1.08. The van der Waals surface area contributed by atoms with E-state index >= 15 is 0 Å². The summed E-state index contributed by atoms with van der Waals surface area (Å²) in [5, 5.41) is 14.7. The van der Waals surface area contributed by atoms with Crippen molar-refractivity contribution in [2.24, 2.45) is 0 Å². The number of esters is 2. The monoisotopic (exact) mass is 724 g/mol. The van der Waals surface area contributed by atoms with Crippen molar-refractivity contribution >= 4 is 46.1 Å². The first-order valence-electron chi connectivity index (χ1n) is 18.0. The van der Waals surface area contributed by atoms with Gasteiger partial charge in [0.15, 0.2) is 0 Å². The Bertz CT molecular complexity index is 2330. The zero-order chi connectivity index (χ0) is 38.5. The van der Waals surface area contributed by atoms with Crippen LogP contribution in [0.5, 0.6) is 11.5 Å². The third-order valence-corrected chi connectivity index (χ3v) is 9.53. The van der Waals surface area contributed by atoms with Crippen LogP contribution in [-0.2, 0) is 0 Å². The number of carbonyl (C=O) groups excluding carboxylic acids is 2. The molecule has 0 aliphatic rings. The van der Waals surface area contributed by atoms with E-state index in [4.69, 9.17) is 9.47 Å². The smallest absolute Gasteiger partial charge is 0.343 e. The van der Waals surface area contributed by atoms with Crippen LogP contribution in [0.2, 0.25) is 0 Å². The maximum absolute atomic E-state index is 14.7. The Morgan fingerprint density at radius 1 is 0.436 bits per heavy atom. The van der Waals surface area contributed by atoms with Crippen molar-refractivity contribution < 1.29 is 19.1 Å². The lowest BCUT2D eigenvalue weighted by Gasteiger charge is -2.41. The van der Waals surface area contributed by atoms with Crippen LogP contribution < -0.4 is 19.0 Å². The van der Waals surface area contributed by atoms with Gasteiger partial charge in [-0.15, -0.1) is 0 Å². The maximum atomic E-state index is 14.7. The van der Waals surface area contributed by atoms with Crippen LogP contribution in [0.4, 0.5) is 34.1 Å². The summed E-state index contributed by atoms with van der Waals surface area (Å²) in [6.45, 7) is 7.47. The molecule has 0 fully saturated rings. The molecule has 0 spiro atoms. The van der Waals surface area contributed by atoms with Gasteiger partial charge in [-0.2, -0.15) is 0 Å². The molecule has 0 unspecified atom stereocenters. The van der Waals surface area contributed by atoms with E-state index in [-0.39, 0.29) is 11.1 Å². The quantitative estimate of drug-likeness (QED) is 0.0605. The molecule has 55 heavy (non-hydrogen) atoms. The van der Waals surface area contributed by atoms with Gasteiger partial charge in [0.1, 0.15) is 28.6 Å². The summed E-state index contributed by atoms with van der Waals surface area (Å²) in [6, 6.07) is 52.3. The molecule has 7 aromatic carbocycles. The van der Waals surface area contributed by atoms with E-state index in [1.54, 1.807) is 36.4 Å². The third-order valence-electron chi connectivity index (χ3n) is 9.53. The highest BCUT2D eigenvalue weighted by Gasteiger charge is 2.29. The van der Waals surface area contributed by atoms with Gasteiger partial charge in [-0.3, -0.25) is 4.65 Å². The molecular formula is C48H40N2O5. The molecule has 272 valence electrons. The van der Waals surface area contributed by atoms with E-state index in [0.717, 1.165) is 28.2 Å². The minimum atomic E-state index is -0.807. The predicted molar refractivity (Wildman–Crippen MR) is 220 cm³/mol. The molecule has 7 heteroatoms. The Hall–Kier alpha value is -6.80. The molecule has 0 saturated carbocycles. The highest BCUT2D eigenvalue weighted by molar-refractivity contribution is 5.95. The normalized spacial score (nSPS) is 11.1. The number of carbonyl (C=O) groups is 2. The van der Waals surface area contributed by atoms with Crippen LogP contribution >= 0.6 is 0 Å². The molecule has 0 heterocycles. The standard InChI is InChI=1S/C48H40N2O5/c1-33-29-41(49(39-17-9-5-10-18-39)40-19-11-6-12-20-40)30-34(2)45(33)54-47(51)37-25-27-38(28-26-37)48(52)55-46-35(3)31-44(32-36(46)4)50(53,42-21-13-7-14-22-42)43-23-15-8-16-24-43/h5-32H,1-4H3. The number of ether oxygens (including phenoxy) is 2. The van der Waals surface area contributed by atoms with Gasteiger partial charge < -0.3 is 19.6 Å². The van der Waals surface area contributed by atoms with E-state index < -0.39 is 16.6 Å². The Kier molecular flexibility index (Phi) is 10.4. The largest absolute Gasteiger partial charge is 0.616 e. The lowest BCUT2D eigenvalue weighted by molar-refractivity contribution is 0.0718. The van der Waals surface area contributed by atoms with Crippen LogP contribution in [0, 0.1) is 32.9 Å². The third kappa shape index (κ3) is 7.53. The number of hydrogen-bond donors (Lipinski definition) is 0. The summed E-state index contributed by atoms with van der Waals surface area (Å²) >= 11 is 0. The molecule has 0 aliphatic carbocycles. The first kappa shape index (κ1) is 36.6. The molecule has 0 saturated heterocycles. The van der Waals surface area contributed by atoms with Gasteiger partial charge in [-0.1, -0.05) is 72.8 Å². The first-order chi connectivity index (χ1) is 26.6. The molecular weight excluding hydrogens is 685 g/mol. The Morgan fingerprint density at radius 3 is 1.13 bits per heavy atom. The van der Waals surface area contributed by atoms with Crippen molar-refractivity contribution in [1.29, 1.82) is 0 Å². The van der Waals surface area contributed by atoms with Crippen molar-refractivity contribution in [3.05, 3.63) is 208 Å². The molecule has 0 amide bonds. The minimum absolute atomic E-state index is 0.264. The fourth-order valence-corrected chi connectivity index (χ4v) is 6.86. The van der Waals surface area contributed by atoms with Gasteiger partial charge in [-0.05, 0) is 111 Å². The van der Waals surface area contributed by atoms with E-state index in [1.165, 1.54) is 0 Å². The molecule has 0 atom stereocenters. The maximum Gasteiger partial charge on any atom is 0.343 e. The number of quaternary nitrogens is 1. The van der Waals surface area contributed by atoms with Gasteiger partial charge >= 0.3 is 11.9 Å². The topological polar surface area (TPSA) is 78.9 Å². The van der Waals surface area contributed by atoms with Gasteiger partial charge in [0.2, 0.25) is 0 Å². The molecule has 7 aromatic rings. The number of rotatable bonds is 10. The van der Waals surface area contributed by atoms with Crippen LogP contribution in [0.3, 0.4) is 0 Å². The summed E-state index contributed by atoms with van der Waals surface area (Å²) in [6.07, 6.45) is 0. The molecule has 0 aliphatic heterocycles. The number of benzene rings is 7. The number of hydrogen-bond acceptors (Lipinski definition) is 6. The van der Waals surface area contributed by atoms with Crippen LogP contribution in [0.1, 0.15) is 43.0 Å². The van der Waals surface area contributed by atoms with Gasteiger partial charge in [0.05, 0.1) is 11.1 Å². The molecule has 7 rings (SSSR count). The fourth-order valence-electron chi connectivity index (χ4n) is 6.86. The summed E-state index contributed by atoms with van der Waals surface area (Å²) in [5.41, 5.74) is 7.98. The summed E-state index contributed by atoms with van der Waals surface area (Å²) < 4.78 is 11.0. The molecule has 0 radical (unpaired) electrons. The molecule has 7 nitrogen and oxygen atoms in total. The second-order valence-corrected chi connectivity index (χ2v) is 13.5. The predicted octanol–water partition coefficient (Wildman–Crippen LogP) is 12.3. The van der Waals surface area contributed by atoms with E-state index in [9.17, 15) is 14.8 Å². The minimum Gasteiger partial charge on any atom is -0.616 e. The molecule has 0 N–H and O–H groups in total. The molecule has 0 aromatic heterocycles. The van der Waals surface area contributed by atoms with Gasteiger partial charge in [0, 0.05) is 53.5 Å². The lowest BCUT2D eigenvalue weighted by atomic mass is 10.1. The fraction of sp³-hybridized carbons (Fsp3) is 0.0833. The number of aryl methyl sites for hydroxylation is 4. The van der Waals surface area contributed by atoms with Crippen molar-refractivity contribution in [1.82, 2.24) is 4.65 Å². The first-order valence-corrected chi connectivity index (χ1v) is 18.0. The second kappa shape index (κ2) is 15.7. The average molecular weight is 725 g/mol. The second-order valence-electron chi connectivity index (χ2n) is 13.5. The number of anilines is 3. The Morgan fingerprint density at radius 2 is 0.764 bits per heavy atom. The highest BCUT2D eigenvalue weighted by atomic mass is 16.6. The van der Waals surface area contributed by atoms with Crippen molar-refractivity contribution in [3.8, 4) is 11.5 Å². The SMILES string of the molecule is Cc1cc(N(c2ccccc2)c2ccccc2)cc(C)c1OC(=O)c1ccc(C(=O)Oc2c(C)cc([N+]([O-])(c3ccccc3)c3ccccc3)cc2C)cc1. The average Bonchev–Trinajstić information content (AvgIpc) is 3.21. The summed E-state index contributed by atoms with van der Waals surface area (Å²) in [7, 11) is 0. The Labute approximate surface area is 321 Å². The van der Waals surface area contributed by atoms with E-state index in [0.29, 0.717) is 39.7 Å². The van der Waals surface area contributed by atoms with Crippen molar-refractivity contribution in [2.45, 2.75) is 27.7 Å². The van der Waals surface area contributed by atoms with E-state index in [1.807, 2.05) is 137 Å². The lowest BCUT2D eigenvalue weighted by Crippen LogP contribution is -2.31. The van der Waals surface area contributed by atoms with Crippen molar-refractivity contribution in [3.63, 3.8) is 0 Å². The number of para-hydroxylation sites is 4. The highest BCUT2D eigenvalue weighted by Crippen LogP contribution is 2.45. The zero-order valence-electron chi connectivity index (χ0n) is 31.1. The summed E-state index contributed by atoms with van der Waals surface area (Å²) in [4.78, 5) is 28.9. The van der Waals surface area contributed by atoms with Crippen molar-refractivity contribution in [2.75, 3.05) is 4.90 Å². The van der Waals surface area contributed by atoms with Crippen LogP contribution in [0.15, 0.2) is 170 Å².